The van der Waals surface area contributed by atoms with E-state index in [-0.39, 0.29) is 0 Å². The summed E-state index contributed by atoms with van der Waals surface area (Å²) in [5.74, 6) is 0. The Kier molecular flexibility index (Phi) is 4.77. The number of aliphatic hydroxyl groups is 1. The van der Waals surface area contributed by atoms with Crippen molar-refractivity contribution in [2.45, 2.75) is 39.3 Å². The Morgan fingerprint density at radius 2 is 2.16 bits per heavy atom. The molecule has 1 saturated heterocycles. The van der Waals surface area contributed by atoms with Gasteiger partial charge in [-0.05, 0) is 38.6 Å². The Hall–Kier alpha value is -1.13. The molecule has 1 aliphatic rings. The van der Waals surface area contributed by atoms with Gasteiger partial charge < -0.3 is 10.0 Å². The maximum Gasteiger partial charge on any atom is 0.0931 e. The van der Waals surface area contributed by atoms with Crippen LogP contribution in [0.5, 0.6) is 0 Å². The number of hydrogen-bond donors (Lipinski definition) is 1. The Morgan fingerprint density at radius 1 is 1.42 bits per heavy atom. The smallest absolute Gasteiger partial charge is 0.0931 e. The van der Waals surface area contributed by atoms with Gasteiger partial charge in [-0.15, -0.1) is 0 Å². The van der Waals surface area contributed by atoms with Crippen LogP contribution < -0.4 is 4.90 Å². The predicted octanol–water partition coefficient (Wildman–Crippen LogP) is 2.06. The molecule has 2 heterocycles. The summed E-state index contributed by atoms with van der Waals surface area (Å²) in [6.45, 7) is 10.6. The van der Waals surface area contributed by atoms with E-state index in [4.69, 9.17) is 0 Å². The molecule has 0 bridgehead atoms. The van der Waals surface area contributed by atoms with Crippen molar-refractivity contribution in [1.82, 2.24) is 9.88 Å². The fourth-order valence-electron chi connectivity index (χ4n) is 2.85. The van der Waals surface area contributed by atoms with Crippen molar-refractivity contribution in [3.8, 4) is 0 Å². The molecular formula is C15H25N3O. The van der Waals surface area contributed by atoms with Gasteiger partial charge in [-0.1, -0.05) is 13.8 Å². The fourth-order valence-corrected chi connectivity index (χ4v) is 2.85. The number of pyridine rings is 1. The average molecular weight is 263 g/mol. The number of rotatable bonds is 5. The first-order valence-corrected chi connectivity index (χ1v) is 7.28. The molecule has 1 N–H and O–H groups in total. The number of hydrogen-bond acceptors (Lipinski definition) is 4. The van der Waals surface area contributed by atoms with E-state index in [1.54, 1.807) is 6.92 Å². The van der Waals surface area contributed by atoms with Crippen LogP contribution >= 0.6 is 0 Å². The minimum absolute atomic E-state index is 0.490. The standard InChI is InChI=1S/C15H25N3O/c1-4-17(5-2)14-8-9-18(11-14)13-6-7-15(12(3)19)16-10-13/h6-7,10,12,14,19H,4-5,8-9,11H2,1-3H3/t12-,14?/m0/s1. The Labute approximate surface area is 116 Å². The third kappa shape index (κ3) is 3.25. The molecule has 0 aromatic carbocycles. The zero-order valence-electron chi connectivity index (χ0n) is 12.2. The normalized spacial score (nSPS) is 21.1. The second-order valence-corrected chi connectivity index (χ2v) is 5.23. The lowest BCUT2D eigenvalue weighted by Gasteiger charge is -2.26. The van der Waals surface area contributed by atoms with E-state index < -0.39 is 6.10 Å². The summed E-state index contributed by atoms with van der Waals surface area (Å²) < 4.78 is 0. The van der Waals surface area contributed by atoms with Gasteiger partial charge in [-0.3, -0.25) is 9.88 Å². The van der Waals surface area contributed by atoms with Crippen molar-refractivity contribution < 1.29 is 5.11 Å². The number of likely N-dealkylation sites (N-methyl/N-ethyl adjacent to an activating group) is 1. The maximum absolute atomic E-state index is 9.48. The lowest BCUT2D eigenvalue weighted by molar-refractivity contribution is 0.194. The van der Waals surface area contributed by atoms with Crippen LogP contribution in [-0.2, 0) is 0 Å². The number of anilines is 1. The van der Waals surface area contributed by atoms with Gasteiger partial charge in [0.05, 0.1) is 23.7 Å². The van der Waals surface area contributed by atoms with E-state index >= 15 is 0 Å². The first kappa shape index (κ1) is 14.3. The van der Waals surface area contributed by atoms with Crippen LogP contribution in [0.3, 0.4) is 0 Å². The maximum atomic E-state index is 9.48. The van der Waals surface area contributed by atoms with Crippen LogP contribution in [0.2, 0.25) is 0 Å². The molecule has 0 amide bonds. The number of aromatic nitrogens is 1. The predicted molar refractivity (Wildman–Crippen MR) is 78.4 cm³/mol. The molecule has 1 aromatic rings. The van der Waals surface area contributed by atoms with Gasteiger partial charge in [0, 0.05) is 19.1 Å². The van der Waals surface area contributed by atoms with E-state index in [1.165, 1.54) is 12.1 Å². The topological polar surface area (TPSA) is 39.6 Å². The Bertz CT molecular complexity index is 387. The van der Waals surface area contributed by atoms with Crippen molar-refractivity contribution in [3.05, 3.63) is 24.0 Å². The lowest BCUT2D eigenvalue weighted by Crippen LogP contribution is -2.37. The summed E-state index contributed by atoms with van der Waals surface area (Å²) in [6.07, 6.45) is 2.61. The highest BCUT2D eigenvalue weighted by Gasteiger charge is 2.26. The minimum Gasteiger partial charge on any atom is -0.387 e. The van der Waals surface area contributed by atoms with E-state index in [0.717, 1.165) is 31.9 Å². The molecule has 1 unspecified atom stereocenters. The van der Waals surface area contributed by atoms with Crippen molar-refractivity contribution in [3.63, 3.8) is 0 Å². The SMILES string of the molecule is CCN(CC)C1CCN(c2ccc([C@H](C)O)nc2)C1. The second-order valence-electron chi connectivity index (χ2n) is 5.23. The van der Waals surface area contributed by atoms with Crippen molar-refractivity contribution in [1.29, 1.82) is 0 Å². The van der Waals surface area contributed by atoms with E-state index in [0.29, 0.717) is 6.04 Å². The van der Waals surface area contributed by atoms with Crippen molar-refractivity contribution >= 4 is 5.69 Å². The monoisotopic (exact) mass is 263 g/mol. The van der Waals surface area contributed by atoms with Crippen LogP contribution in [0, 0.1) is 0 Å². The third-order valence-corrected chi connectivity index (χ3v) is 4.06. The van der Waals surface area contributed by atoms with Gasteiger partial charge in [0.1, 0.15) is 0 Å². The van der Waals surface area contributed by atoms with Crippen LogP contribution in [-0.4, -0.2) is 47.2 Å². The molecule has 0 radical (unpaired) electrons. The molecule has 106 valence electrons. The molecule has 1 aromatic heterocycles. The zero-order chi connectivity index (χ0) is 13.8. The van der Waals surface area contributed by atoms with E-state index in [2.05, 4.69) is 34.7 Å². The molecular weight excluding hydrogens is 238 g/mol. The molecule has 4 nitrogen and oxygen atoms in total. The molecule has 0 saturated carbocycles. The summed E-state index contributed by atoms with van der Waals surface area (Å²) in [4.78, 5) is 9.24. The van der Waals surface area contributed by atoms with Crippen molar-refractivity contribution in [2.75, 3.05) is 31.1 Å². The van der Waals surface area contributed by atoms with Crippen molar-refractivity contribution in [2.24, 2.45) is 0 Å². The quantitative estimate of drug-likeness (QED) is 0.882. The van der Waals surface area contributed by atoms with Gasteiger partial charge in [0.2, 0.25) is 0 Å². The Morgan fingerprint density at radius 3 is 2.68 bits per heavy atom. The molecule has 2 atom stereocenters. The van der Waals surface area contributed by atoms with Gasteiger partial charge in [-0.25, -0.2) is 0 Å². The molecule has 2 rings (SSSR count). The van der Waals surface area contributed by atoms with Crippen LogP contribution in [0.4, 0.5) is 5.69 Å². The second kappa shape index (κ2) is 6.35. The van der Waals surface area contributed by atoms with Crippen LogP contribution in [0.25, 0.3) is 0 Å². The van der Waals surface area contributed by atoms with Gasteiger partial charge in [0.15, 0.2) is 0 Å². The van der Waals surface area contributed by atoms with Crippen LogP contribution in [0.1, 0.15) is 39.0 Å². The Balaban J connectivity index is 2.00. The summed E-state index contributed by atoms with van der Waals surface area (Å²) >= 11 is 0. The molecule has 1 fully saturated rings. The average Bonchev–Trinajstić information content (AvgIpc) is 2.90. The molecule has 1 aliphatic heterocycles. The third-order valence-electron chi connectivity index (χ3n) is 4.06. The first-order valence-electron chi connectivity index (χ1n) is 7.28. The largest absolute Gasteiger partial charge is 0.387 e. The lowest BCUT2D eigenvalue weighted by atomic mass is 10.2. The fraction of sp³-hybridized carbons (Fsp3) is 0.667. The van der Waals surface area contributed by atoms with E-state index in [1.807, 2.05) is 12.3 Å². The van der Waals surface area contributed by atoms with Crippen LogP contribution in [0.15, 0.2) is 18.3 Å². The summed E-state index contributed by atoms with van der Waals surface area (Å²) in [5.41, 5.74) is 1.90. The molecule has 4 heteroatoms. The van der Waals surface area contributed by atoms with Gasteiger partial charge >= 0.3 is 0 Å². The number of aliphatic hydroxyl groups excluding tert-OH is 1. The summed E-state index contributed by atoms with van der Waals surface area (Å²) in [6, 6.07) is 4.65. The highest BCUT2D eigenvalue weighted by Crippen LogP contribution is 2.23. The highest BCUT2D eigenvalue weighted by molar-refractivity contribution is 5.46. The zero-order valence-corrected chi connectivity index (χ0v) is 12.2. The summed E-state index contributed by atoms with van der Waals surface area (Å²) in [7, 11) is 0. The highest BCUT2D eigenvalue weighted by atomic mass is 16.3. The number of nitrogens with zero attached hydrogens (tertiary/aromatic N) is 3. The first-order chi connectivity index (χ1) is 9.15. The minimum atomic E-state index is -0.490. The van der Waals surface area contributed by atoms with Gasteiger partial charge in [-0.2, -0.15) is 0 Å². The summed E-state index contributed by atoms with van der Waals surface area (Å²) in [5, 5.41) is 9.48. The molecule has 0 spiro atoms. The molecule has 19 heavy (non-hydrogen) atoms. The van der Waals surface area contributed by atoms with E-state index in [9.17, 15) is 5.11 Å². The molecule has 0 aliphatic carbocycles. The van der Waals surface area contributed by atoms with Gasteiger partial charge in [0.25, 0.3) is 0 Å².